The van der Waals surface area contributed by atoms with Crippen LogP contribution in [0.2, 0.25) is 0 Å². The van der Waals surface area contributed by atoms with Crippen LogP contribution in [0.15, 0.2) is 54.6 Å². The molecule has 3 amide bonds. The van der Waals surface area contributed by atoms with Crippen molar-refractivity contribution in [3.8, 4) is 0 Å². The number of nitrogens with one attached hydrogen (secondary N) is 2. The third-order valence-corrected chi connectivity index (χ3v) is 4.63. The van der Waals surface area contributed by atoms with Crippen molar-refractivity contribution in [1.82, 2.24) is 5.32 Å². The normalized spacial score (nSPS) is 14.2. The maximum atomic E-state index is 12.3. The molecule has 2 N–H and O–H groups in total. The summed E-state index contributed by atoms with van der Waals surface area (Å²) in [5.41, 5.74) is 1.50. The molecular formula is C22H23N3O5. The van der Waals surface area contributed by atoms with Crippen LogP contribution in [0, 0.1) is 0 Å². The fourth-order valence-corrected chi connectivity index (χ4v) is 3.09. The van der Waals surface area contributed by atoms with E-state index in [2.05, 4.69) is 10.6 Å². The number of carbonyl (C=O) groups is 4. The first-order valence-corrected chi connectivity index (χ1v) is 9.67. The second-order valence-corrected chi connectivity index (χ2v) is 6.88. The van der Waals surface area contributed by atoms with Gasteiger partial charge in [-0.15, -0.1) is 0 Å². The molecule has 0 unspecified atom stereocenters. The minimum Gasteiger partial charge on any atom is -0.454 e. The van der Waals surface area contributed by atoms with Gasteiger partial charge in [-0.1, -0.05) is 30.3 Å². The standard InChI is InChI=1S/C22H23N3O5/c1-15(23-21(28)16-8-3-2-4-9-16)22(29)30-14-19(26)24-17-10-5-6-11-18(17)25-13-7-12-20(25)27/h2-6,8-11,15H,7,12-14H2,1H3,(H,23,28)(H,24,26)/t15-/m0/s1. The molecule has 1 heterocycles. The van der Waals surface area contributed by atoms with Gasteiger partial charge in [0.25, 0.3) is 11.8 Å². The van der Waals surface area contributed by atoms with E-state index in [4.69, 9.17) is 4.74 Å². The molecular weight excluding hydrogens is 386 g/mol. The molecule has 2 aromatic carbocycles. The second kappa shape index (κ2) is 9.69. The Hall–Kier alpha value is -3.68. The molecule has 1 aliphatic heterocycles. The van der Waals surface area contributed by atoms with Crippen LogP contribution in [0.25, 0.3) is 0 Å². The lowest BCUT2D eigenvalue weighted by Crippen LogP contribution is -2.40. The first-order valence-electron chi connectivity index (χ1n) is 9.67. The number of para-hydroxylation sites is 2. The Balaban J connectivity index is 1.52. The molecule has 1 fully saturated rings. The van der Waals surface area contributed by atoms with Crippen molar-refractivity contribution < 1.29 is 23.9 Å². The molecule has 156 valence electrons. The van der Waals surface area contributed by atoms with Gasteiger partial charge in [0.05, 0.1) is 11.4 Å². The van der Waals surface area contributed by atoms with E-state index < -0.39 is 30.4 Å². The van der Waals surface area contributed by atoms with E-state index in [1.54, 1.807) is 59.5 Å². The van der Waals surface area contributed by atoms with Crippen LogP contribution in [-0.2, 0) is 19.1 Å². The highest BCUT2D eigenvalue weighted by Crippen LogP contribution is 2.29. The minimum atomic E-state index is -0.917. The SMILES string of the molecule is C[C@H](NC(=O)c1ccccc1)C(=O)OCC(=O)Nc1ccccc1N1CCCC1=O. The average Bonchev–Trinajstić information content (AvgIpc) is 3.18. The highest BCUT2D eigenvalue weighted by Gasteiger charge is 2.24. The Morgan fingerprint density at radius 3 is 2.47 bits per heavy atom. The van der Waals surface area contributed by atoms with Crippen LogP contribution < -0.4 is 15.5 Å². The number of carbonyl (C=O) groups excluding carboxylic acids is 4. The predicted octanol–water partition coefficient (Wildman–Crippen LogP) is 2.11. The van der Waals surface area contributed by atoms with Crippen molar-refractivity contribution in [2.24, 2.45) is 0 Å². The fourth-order valence-electron chi connectivity index (χ4n) is 3.09. The average molecular weight is 409 g/mol. The Labute approximate surface area is 174 Å². The lowest BCUT2D eigenvalue weighted by Gasteiger charge is -2.20. The molecule has 2 aromatic rings. The molecule has 1 saturated heterocycles. The molecule has 8 heteroatoms. The molecule has 0 aromatic heterocycles. The Morgan fingerprint density at radius 1 is 1.07 bits per heavy atom. The summed E-state index contributed by atoms with van der Waals surface area (Å²) in [5.74, 6) is -1.67. The second-order valence-electron chi connectivity index (χ2n) is 6.88. The number of nitrogens with zero attached hydrogens (tertiary/aromatic N) is 1. The van der Waals surface area contributed by atoms with Gasteiger partial charge in [-0.2, -0.15) is 0 Å². The van der Waals surface area contributed by atoms with Crippen LogP contribution in [0.5, 0.6) is 0 Å². The van der Waals surface area contributed by atoms with Gasteiger partial charge in [-0.3, -0.25) is 14.4 Å². The Kier molecular flexibility index (Phi) is 6.79. The molecule has 0 radical (unpaired) electrons. The molecule has 0 aliphatic carbocycles. The van der Waals surface area contributed by atoms with E-state index in [9.17, 15) is 19.2 Å². The maximum Gasteiger partial charge on any atom is 0.328 e. The number of hydrogen-bond donors (Lipinski definition) is 2. The van der Waals surface area contributed by atoms with E-state index in [0.717, 1.165) is 6.42 Å². The lowest BCUT2D eigenvalue weighted by atomic mass is 10.2. The summed E-state index contributed by atoms with van der Waals surface area (Å²) in [7, 11) is 0. The van der Waals surface area contributed by atoms with E-state index >= 15 is 0 Å². The fraction of sp³-hybridized carbons (Fsp3) is 0.273. The minimum absolute atomic E-state index is 0.00566. The summed E-state index contributed by atoms with van der Waals surface area (Å²) in [4.78, 5) is 50.1. The van der Waals surface area contributed by atoms with Gasteiger partial charge in [0.1, 0.15) is 6.04 Å². The van der Waals surface area contributed by atoms with Gasteiger partial charge in [0.2, 0.25) is 5.91 Å². The monoisotopic (exact) mass is 409 g/mol. The van der Waals surface area contributed by atoms with E-state index in [1.165, 1.54) is 6.92 Å². The molecule has 0 bridgehead atoms. The number of rotatable bonds is 7. The van der Waals surface area contributed by atoms with E-state index in [1.807, 2.05) is 0 Å². The van der Waals surface area contributed by atoms with E-state index in [0.29, 0.717) is 29.9 Å². The van der Waals surface area contributed by atoms with Crippen molar-refractivity contribution in [3.63, 3.8) is 0 Å². The molecule has 1 atom stereocenters. The van der Waals surface area contributed by atoms with Gasteiger partial charge >= 0.3 is 5.97 Å². The summed E-state index contributed by atoms with van der Waals surface area (Å²) in [6.45, 7) is 1.57. The Bertz CT molecular complexity index is 945. The first kappa shape index (κ1) is 21.0. The topological polar surface area (TPSA) is 105 Å². The van der Waals surface area contributed by atoms with Gasteiger partial charge in [-0.05, 0) is 37.6 Å². The van der Waals surface area contributed by atoms with Crippen molar-refractivity contribution in [3.05, 3.63) is 60.2 Å². The number of benzene rings is 2. The Morgan fingerprint density at radius 2 is 1.77 bits per heavy atom. The number of esters is 1. The molecule has 3 rings (SSSR count). The predicted molar refractivity (Wildman–Crippen MR) is 111 cm³/mol. The molecule has 0 saturated carbocycles. The quantitative estimate of drug-likeness (QED) is 0.682. The van der Waals surface area contributed by atoms with Crippen LogP contribution in [0.3, 0.4) is 0 Å². The van der Waals surface area contributed by atoms with Crippen LogP contribution in [0.1, 0.15) is 30.1 Å². The highest BCUT2D eigenvalue weighted by molar-refractivity contribution is 6.02. The van der Waals surface area contributed by atoms with Gasteiger partial charge < -0.3 is 20.3 Å². The number of hydrogen-bond acceptors (Lipinski definition) is 5. The van der Waals surface area contributed by atoms with Crippen LogP contribution in [-0.4, -0.2) is 42.9 Å². The zero-order valence-corrected chi connectivity index (χ0v) is 16.6. The zero-order valence-electron chi connectivity index (χ0n) is 16.6. The highest BCUT2D eigenvalue weighted by atomic mass is 16.5. The van der Waals surface area contributed by atoms with Gasteiger partial charge in [0, 0.05) is 18.5 Å². The molecule has 30 heavy (non-hydrogen) atoms. The first-order chi connectivity index (χ1) is 14.5. The zero-order chi connectivity index (χ0) is 21.5. The van der Waals surface area contributed by atoms with Crippen molar-refractivity contribution >= 4 is 35.1 Å². The number of ether oxygens (including phenoxy) is 1. The number of amides is 3. The van der Waals surface area contributed by atoms with Crippen LogP contribution >= 0.6 is 0 Å². The third kappa shape index (κ3) is 5.22. The summed E-state index contributed by atoms with van der Waals surface area (Å²) in [5, 5.41) is 5.20. The van der Waals surface area contributed by atoms with Crippen molar-refractivity contribution in [2.75, 3.05) is 23.4 Å². The van der Waals surface area contributed by atoms with Gasteiger partial charge in [-0.25, -0.2) is 4.79 Å². The van der Waals surface area contributed by atoms with Crippen molar-refractivity contribution in [1.29, 1.82) is 0 Å². The smallest absolute Gasteiger partial charge is 0.328 e. The summed E-state index contributed by atoms with van der Waals surface area (Å²) < 4.78 is 5.01. The summed E-state index contributed by atoms with van der Waals surface area (Å²) in [6, 6.07) is 14.5. The van der Waals surface area contributed by atoms with Crippen LogP contribution in [0.4, 0.5) is 11.4 Å². The third-order valence-electron chi connectivity index (χ3n) is 4.63. The van der Waals surface area contributed by atoms with Crippen molar-refractivity contribution in [2.45, 2.75) is 25.8 Å². The summed E-state index contributed by atoms with van der Waals surface area (Å²) in [6.07, 6.45) is 1.25. The van der Waals surface area contributed by atoms with Gasteiger partial charge in [0.15, 0.2) is 6.61 Å². The number of anilines is 2. The molecule has 0 spiro atoms. The van der Waals surface area contributed by atoms with E-state index in [-0.39, 0.29) is 5.91 Å². The largest absolute Gasteiger partial charge is 0.454 e. The summed E-state index contributed by atoms with van der Waals surface area (Å²) >= 11 is 0. The molecule has 8 nitrogen and oxygen atoms in total. The molecule has 1 aliphatic rings. The lowest BCUT2D eigenvalue weighted by molar-refractivity contribution is -0.148. The maximum absolute atomic E-state index is 12.3.